The first kappa shape index (κ1) is 29.3. The number of alkyl halides is 3. The van der Waals surface area contributed by atoms with Crippen molar-refractivity contribution in [3.8, 4) is 0 Å². The smallest absolute Gasteiger partial charge is 0.347 e. The monoisotopic (exact) mass is 570 g/mol. The van der Waals surface area contributed by atoms with Crippen LogP contribution in [0.1, 0.15) is 56.2 Å². The molecule has 15 heteroatoms. The molecule has 0 saturated heterocycles. The van der Waals surface area contributed by atoms with Gasteiger partial charge in [-0.3, -0.25) is 23.9 Å². The number of carbonyl (C=O) groups is 2. The number of amides is 2. The Morgan fingerprint density at radius 3 is 2.00 bits per heavy atom. The fourth-order valence-corrected chi connectivity index (χ4v) is 3.91. The average Bonchev–Trinajstić information content (AvgIpc) is 3.63. The molecule has 0 unspecified atom stereocenters. The molecule has 0 spiro atoms. The van der Waals surface area contributed by atoms with Gasteiger partial charge in [-0.2, -0.15) is 13.2 Å². The van der Waals surface area contributed by atoms with E-state index >= 15 is 0 Å². The fraction of sp³-hybridized carbons (Fsp3) is 0.346. The van der Waals surface area contributed by atoms with Crippen LogP contribution in [0, 0.1) is 0 Å². The number of unbranched alkanes of at least 4 members (excludes halogenated alkanes) is 1. The lowest BCUT2D eigenvalue weighted by Gasteiger charge is -2.08. The number of nitrogens with one attached hydrogen (secondary N) is 3. The molecule has 4 aromatic rings. The SMILES string of the molecule is CNCc1cccc(CNC(=O)c2cn(CCCCn3cc(C(=O)NCc4cc(C(F)(F)F)ccn4)nn3)nn2)c1. The molecule has 0 aliphatic rings. The number of aromatic nitrogens is 7. The normalized spacial score (nSPS) is 11.4. The number of hydrogen-bond acceptors (Lipinski definition) is 8. The average molecular weight is 571 g/mol. The summed E-state index contributed by atoms with van der Waals surface area (Å²) >= 11 is 0. The highest BCUT2D eigenvalue weighted by atomic mass is 19.4. The Bertz CT molecular complexity index is 1470. The summed E-state index contributed by atoms with van der Waals surface area (Å²) in [6.45, 7) is 1.94. The van der Waals surface area contributed by atoms with Crippen LogP contribution in [0.2, 0.25) is 0 Å². The minimum Gasteiger partial charge on any atom is -0.347 e. The van der Waals surface area contributed by atoms with E-state index in [-0.39, 0.29) is 29.5 Å². The number of rotatable bonds is 13. The van der Waals surface area contributed by atoms with Crippen LogP contribution in [0.3, 0.4) is 0 Å². The number of carbonyl (C=O) groups excluding carboxylic acids is 2. The highest BCUT2D eigenvalue weighted by Crippen LogP contribution is 2.28. The van der Waals surface area contributed by atoms with Crippen LogP contribution in [0.5, 0.6) is 0 Å². The second kappa shape index (κ2) is 13.6. The highest BCUT2D eigenvalue weighted by molar-refractivity contribution is 5.92. The molecule has 3 N–H and O–H groups in total. The number of hydrogen-bond donors (Lipinski definition) is 3. The van der Waals surface area contributed by atoms with Gasteiger partial charge in [0.2, 0.25) is 0 Å². The topological polar surface area (TPSA) is 145 Å². The first-order valence-electron chi connectivity index (χ1n) is 12.8. The Balaban J connectivity index is 1.17. The van der Waals surface area contributed by atoms with E-state index in [4.69, 9.17) is 0 Å². The van der Waals surface area contributed by atoms with E-state index < -0.39 is 17.6 Å². The summed E-state index contributed by atoms with van der Waals surface area (Å²) in [6.07, 6.45) is 0.983. The molecule has 0 bridgehead atoms. The van der Waals surface area contributed by atoms with Crippen LogP contribution in [0.25, 0.3) is 0 Å². The summed E-state index contributed by atoms with van der Waals surface area (Å²) in [6, 6.07) is 9.67. The molecular formula is C26H29F3N10O2. The standard InChI is InChI=1S/C26H29F3N10O2/c1-30-13-18-5-4-6-19(11-18)14-32-24(40)22-16-38(36-34-22)9-2-3-10-39-17-23(35-37-39)25(41)33-15-21-12-20(7-8-31-21)26(27,28)29/h4-8,11-12,16-17,30H,2-3,9-10,13-15H2,1H3,(H,32,40)(H,33,41). The fourth-order valence-electron chi connectivity index (χ4n) is 3.91. The molecule has 0 atom stereocenters. The van der Waals surface area contributed by atoms with Crippen LogP contribution in [-0.2, 0) is 38.9 Å². The maximum atomic E-state index is 12.8. The van der Waals surface area contributed by atoms with Gasteiger partial charge in [0.25, 0.3) is 11.8 Å². The van der Waals surface area contributed by atoms with Crippen molar-refractivity contribution in [3.63, 3.8) is 0 Å². The van der Waals surface area contributed by atoms with Crippen LogP contribution in [0.15, 0.2) is 55.0 Å². The van der Waals surface area contributed by atoms with E-state index in [0.29, 0.717) is 32.5 Å². The van der Waals surface area contributed by atoms with Gasteiger partial charge in [-0.1, -0.05) is 34.7 Å². The van der Waals surface area contributed by atoms with Gasteiger partial charge in [0.15, 0.2) is 11.4 Å². The van der Waals surface area contributed by atoms with Crippen LogP contribution in [0.4, 0.5) is 13.2 Å². The Kier molecular flexibility index (Phi) is 9.73. The summed E-state index contributed by atoms with van der Waals surface area (Å²) < 4.78 is 41.6. The molecule has 216 valence electrons. The van der Waals surface area contributed by atoms with Gasteiger partial charge in [0, 0.05) is 32.4 Å². The zero-order valence-corrected chi connectivity index (χ0v) is 22.2. The number of aryl methyl sites for hydroxylation is 2. The van der Waals surface area contributed by atoms with Crippen molar-refractivity contribution in [2.45, 2.75) is 51.7 Å². The predicted molar refractivity (Wildman–Crippen MR) is 140 cm³/mol. The molecule has 0 aliphatic heterocycles. The van der Waals surface area contributed by atoms with Crippen LogP contribution < -0.4 is 16.0 Å². The first-order chi connectivity index (χ1) is 19.7. The summed E-state index contributed by atoms with van der Waals surface area (Å²) in [5, 5.41) is 24.1. The maximum absolute atomic E-state index is 12.8. The Hall–Kier alpha value is -4.66. The van der Waals surface area contributed by atoms with Crippen molar-refractivity contribution in [1.82, 2.24) is 50.9 Å². The molecular weight excluding hydrogens is 541 g/mol. The zero-order chi connectivity index (χ0) is 29.2. The Morgan fingerprint density at radius 2 is 1.41 bits per heavy atom. The minimum atomic E-state index is -4.49. The highest BCUT2D eigenvalue weighted by Gasteiger charge is 2.30. The molecule has 0 radical (unpaired) electrons. The van der Waals surface area contributed by atoms with Gasteiger partial charge in [-0.15, -0.1) is 10.2 Å². The third-order valence-electron chi connectivity index (χ3n) is 5.97. The lowest BCUT2D eigenvalue weighted by molar-refractivity contribution is -0.137. The van der Waals surface area contributed by atoms with Crippen molar-refractivity contribution in [2.24, 2.45) is 0 Å². The molecule has 3 heterocycles. The van der Waals surface area contributed by atoms with E-state index in [1.165, 1.54) is 10.9 Å². The largest absolute Gasteiger partial charge is 0.416 e. The van der Waals surface area contributed by atoms with Gasteiger partial charge in [-0.25, -0.2) is 0 Å². The van der Waals surface area contributed by atoms with Crippen molar-refractivity contribution >= 4 is 11.8 Å². The van der Waals surface area contributed by atoms with Crippen LogP contribution >= 0.6 is 0 Å². The lowest BCUT2D eigenvalue weighted by Crippen LogP contribution is -2.24. The summed E-state index contributed by atoms with van der Waals surface area (Å²) in [7, 11) is 1.88. The second-order valence-electron chi connectivity index (χ2n) is 9.19. The number of benzene rings is 1. The molecule has 2 amide bonds. The summed E-state index contributed by atoms with van der Waals surface area (Å²) in [5.74, 6) is -0.887. The minimum absolute atomic E-state index is 0.0395. The molecule has 4 rings (SSSR count). The van der Waals surface area contributed by atoms with Crippen molar-refractivity contribution in [1.29, 1.82) is 0 Å². The maximum Gasteiger partial charge on any atom is 0.416 e. The quantitative estimate of drug-likeness (QED) is 0.208. The van der Waals surface area contributed by atoms with Gasteiger partial charge >= 0.3 is 6.18 Å². The lowest BCUT2D eigenvalue weighted by atomic mass is 10.1. The van der Waals surface area contributed by atoms with Gasteiger partial charge in [-0.05, 0) is 43.1 Å². The summed E-state index contributed by atoms with van der Waals surface area (Å²) in [4.78, 5) is 28.6. The van der Waals surface area contributed by atoms with Crippen LogP contribution in [-0.4, -0.2) is 53.8 Å². The van der Waals surface area contributed by atoms with Gasteiger partial charge in [0.1, 0.15) is 0 Å². The molecule has 0 saturated carbocycles. The van der Waals surface area contributed by atoms with E-state index in [2.05, 4.69) is 41.6 Å². The summed E-state index contributed by atoms with van der Waals surface area (Å²) in [5.41, 5.74) is 1.61. The number of halogens is 3. The molecule has 12 nitrogen and oxygen atoms in total. The van der Waals surface area contributed by atoms with Gasteiger partial charge < -0.3 is 16.0 Å². The Morgan fingerprint density at radius 1 is 0.829 bits per heavy atom. The first-order valence-corrected chi connectivity index (χ1v) is 12.8. The van der Waals surface area contributed by atoms with E-state index in [1.807, 2.05) is 31.3 Å². The molecule has 3 aromatic heterocycles. The number of pyridine rings is 1. The molecule has 0 aliphatic carbocycles. The molecule has 41 heavy (non-hydrogen) atoms. The third kappa shape index (κ3) is 8.66. The second-order valence-corrected chi connectivity index (χ2v) is 9.19. The number of nitrogens with zero attached hydrogens (tertiary/aromatic N) is 7. The van der Waals surface area contributed by atoms with Gasteiger partial charge in [0.05, 0.1) is 30.2 Å². The third-order valence-corrected chi connectivity index (χ3v) is 5.97. The molecule has 1 aromatic carbocycles. The van der Waals surface area contributed by atoms with E-state index in [9.17, 15) is 22.8 Å². The predicted octanol–water partition coefficient (Wildman–Crippen LogP) is 2.34. The van der Waals surface area contributed by atoms with Crippen molar-refractivity contribution in [2.75, 3.05) is 7.05 Å². The van der Waals surface area contributed by atoms with E-state index in [1.54, 1.807) is 10.9 Å². The molecule has 0 fully saturated rings. The van der Waals surface area contributed by atoms with E-state index in [0.717, 1.165) is 36.0 Å². The Labute approximate surface area is 233 Å². The van der Waals surface area contributed by atoms with Crippen molar-refractivity contribution < 1.29 is 22.8 Å². The zero-order valence-electron chi connectivity index (χ0n) is 22.2. The van der Waals surface area contributed by atoms with Crippen molar-refractivity contribution in [3.05, 3.63) is 88.8 Å².